The molecule has 3 rings (SSSR count). The minimum atomic E-state index is -3.34. The lowest BCUT2D eigenvalue weighted by Crippen LogP contribution is -2.46. The van der Waals surface area contributed by atoms with E-state index in [0.29, 0.717) is 30.8 Å². The molecule has 0 atom stereocenters. The number of amides is 2. The van der Waals surface area contributed by atoms with E-state index < -0.39 is 10.0 Å². The molecule has 0 unspecified atom stereocenters. The van der Waals surface area contributed by atoms with Crippen LogP contribution < -0.4 is 10.0 Å². The van der Waals surface area contributed by atoms with Crippen molar-refractivity contribution >= 4 is 38.9 Å². The molecule has 1 saturated heterocycles. The monoisotopic (exact) mass is 421 g/mol. The van der Waals surface area contributed by atoms with Crippen molar-refractivity contribution in [3.05, 3.63) is 52.2 Å². The van der Waals surface area contributed by atoms with E-state index in [2.05, 4.69) is 10.0 Å². The molecule has 0 bridgehead atoms. The van der Waals surface area contributed by atoms with Gasteiger partial charge in [-0.25, -0.2) is 8.42 Å². The maximum Gasteiger partial charge on any atom is 0.253 e. The summed E-state index contributed by atoms with van der Waals surface area (Å²) in [6, 6.07) is 10.3. The third-order valence-electron chi connectivity index (χ3n) is 4.50. The van der Waals surface area contributed by atoms with Crippen LogP contribution >= 0.6 is 11.3 Å². The Bertz CT molecular complexity index is 917. The van der Waals surface area contributed by atoms with Gasteiger partial charge in [-0.2, -0.15) is 0 Å². The van der Waals surface area contributed by atoms with Crippen LogP contribution in [0.2, 0.25) is 0 Å². The zero-order valence-electron chi connectivity index (χ0n) is 15.6. The van der Waals surface area contributed by atoms with Crippen molar-refractivity contribution in [2.45, 2.75) is 25.3 Å². The molecular formula is C19H23N3O4S2. The molecule has 0 spiro atoms. The van der Waals surface area contributed by atoms with Crippen molar-refractivity contribution in [2.24, 2.45) is 0 Å². The molecular weight excluding hydrogens is 398 g/mol. The number of anilines is 1. The minimum Gasteiger partial charge on any atom is -0.353 e. The van der Waals surface area contributed by atoms with Crippen molar-refractivity contribution in [1.29, 1.82) is 0 Å². The lowest BCUT2D eigenvalue weighted by molar-refractivity contribution is -0.121. The largest absolute Gasteiger partial charge is 0.353 e. The quantitative estimate of drug-likeness (QED) is 0.747. The Morgan fingerprint density at radius 1 is 1.14 bits per heavy atom. The summed E-state index contributed by atoms with van der Waals surface area (Å²) >= 11 is 1.57. The van der Waals surface area contributed by atoms with Crippen LogP contribution in [0.25, 0.3) is 0 Å². The number of piperidine rings is 1. The summed E-state index contributed by atoms with van der Waals surface area (Å²) in [6.45, 7) is 1.15. The zero-order chi connectivity index (χ0) is 20.1. The molecule has 9 heteroatoms. The molecule has 150 valence electrons. The second-order valence-electron chi connectivity index (χ2n) is 6.84. The van der Waals surface area contributed by atoms with E-state index in [1.807, 2.05) is 17.5 Å². The average Bonchev–Trinajstić information content (AvgIpc) is 3.14. The zero-order valence-corrected chi connectivity index (χ0v) is 17.2. The predicted octanol–water partition coefficient (Wildman–Crippen LogP) is 2.08. The minimum absolute atomic E-state index is 0.0150. The van der Waals surface area contributed by atoms with Gasteiger partial charge >= 0.3 is 0 Å². The van der Waals surface area contributed by atoms with Crippen LogP contribution in [0.1, 0.15) is 28.1 Å². The Morgan fingerprint density at radius 2 is 1.82 bits per heavy atom. The SMILES string of the molecule is CS(=O)(=O)Nc1ccc(C(=O)N2CCC(NC(=O)Cc3cccs3)CC2)cc1. The lowest BCUT2D eigenvalue weighted by Gasteiger charge is -2.32. The van der Waals surface area contributed by atoms with Crippen molar-refractivity contribution < 1.29 is 18.0 Å². The molecule has 1 aromatic carbocycles. The van der Waals surface area contributed by atoms with Crippen LogP contribution in [-0.2, 0) is 21.2 Å². The second-order valence-corrected chi connectivity index (χ2v) is 9.62. The Kier molecular flexibility index (Phi) is 6.35. The molecule has 1 aliphatic heterocycles. The van der Waals surface area contributed by atoms with Crippen LogP contribution in [0, 0.1) is 0 Å². The molecule has 2 heterocycles. The van der Waals surface area contributed by atoms with Gasteiger partial charge in [0, 0.05) is 35.3 Å². The van der Waals surface area contributed by atoms with Crippen molar-refractivity contribution in [3.63, 3.8) is 0 Å². The number of rotatable bonds is 6. The number of sulfonamides is 1. The fraction of sp³-hybridized carbons (Fsp3) is 0.368. The molecule has 28 heavy (non-hydrogen) atoms. The van der Waals surface area contributed by atoms with Crippen molar-refractivity contribution in [3.8, 4) is 0 Å². The summed E-state index contributed by atoms with van der Waals surface area (Å²) in [5, 5.41) is 5.01. The predicted molar refractivity (Wildman–Crippen MR) is 110 cm³/mol. The van der Waals surface area contributed by atoms with Gasteiger partial charge in [-0.05, 0) is 48.6 Å². The van der Waals surface area contributed by atoms with Gasteiger partial charge in [0.05, 0.1) is 12.7 Å². The Balaban J connectivity index is 1.48. The third-order valence-corrected chi connectivity index (χ3v) is 5.98. The maximum atomic E-state index is 12.6. The van der Waals surface area contributed by atoms with E-state index in [1.165, 1.54) is 0 Å². The maximum absolute atomic E-state index is 12.6. The third kappa shape index (κ3) is 5.80. The average molecular weight is 422 g/mol. The molecule has 1 aromatic heterocycles. The normalized spacial score (nSPS) is 15.2. The van der Waals surface area contributed by atoms with Gasteiger partial charge in [0.15, 0.2) is 0 Å². The number of thiophene rings is 1. The number of nitrogens with zero attached hydrogens (tertiary/aromatic N) is 1. The van der Waals surface area contributed by atoms with Gasteiger partial charge < -0.3 is 10.2 Å². The molecule has 2 amide bonds. The number of likely N-dealkylation sites (tertiary alicyclic amines) is 1. The van der Waals surface area contributed by atoms with E-state index in [-0.39, 0.29) is 17.9 Å². The first kappa shape index (κ1) is 20.3. The molecule has 1 aliphatic rings. The number of nitrogens with one attached hydrogen (secondary N) is 2. The number of carbonyl (C=O) groups excluding carboxylic acids is 2. The van der Waals surface area contributed by atoms with Gasteiger partial charge in [0.25, 0.3) is 5.91 Å². The summed E-state index contributed by atoms with van der Waals surface area (Å²) < 4.78 is 24.9. The van der Waals surface area contributed by atoms with Crippen LogP contribution in [0.4, 0.5) is 5.69 Å². The Hall–Kier alpha value is -2.39. The summed E-state index contributed by atoms with van der Waals surface area (Å²) in [6.07, 6.45) is 2.91. The van der Waals surface area contributed by atoms with E-state index in [4.69, 9.17) is 0 Å². The van der Waals surface area contributed by atoms with Crippen molar-refractivity contribution in [2.75, 3.05) is 24.1 Å². The smallest absolute Gasteiger partial charge is 0.253 e. The number of benzene rings is 1. The number of hydrogen-bond donors (Lipinski definition) is 2. The fourth-order valence-corrected chi connectivity index (χ4v) is 4.42. The Morgan fingerprint density at radius 3 is 2.39 bits per heavy atom. The number of carbonyl (C=O) groups is 2. The van der Waals surface area contributed by atoms with Crippen LogP contribution in [0.5, 0.6) is 0 Å². The fourth-order valence-electron chi connectivity index (χ4n) is 3.15. The van der Waals surface area contributed by atoms with Crippen LogP contribution in [0.15, 0.2) is 41.8 Å². The summed E-state index contributed by atoms with van der Waals surface area (Å²) in [5.41, 5.74) is 0.936. The molecule has 2 aromatic rings. The van der Waals surface area contributed by atoms with Gasteiger partial charge in [-0.1, -0.05) is 6.07 Å². The molecule has 1 fully saturated rings. The van der Waals surface area contributed by atoms with Gasteiger partial charge in [0.2, 0.25) is 15.9 Å². The molecule has 0 saturated carbocycles. The first-order chi connectivity index (χ1) is 13.3. The summed E-state index contributed by atoms with van der Waals surface area (Å²) in [4.78, 5) is 27.6. The highest BCUT2D eigenvalue weighted by Gasteiger charge is 2.24. The summed E-state index contributed by atoms with van der Waals surface area (Å²) in [5.74, 6) is -0.0736. The standard InChI is InChI=1S/C19H23N3O4S2/c1-28(25,26)21-16-6-4-14(5-7-16)19(24)22-10-8-15(9-11-22)20-18(23)13-17-3-2-12-27-17/h2-7,12,15,21H,8-11,13H2,1H3,(H,20,23). The van der Waals surface area contributed by atoms with Crippen LogP contribution in [0.3, 0.4) is 0 Å². The molecule has 7 nitrogen and oxygen atoms in total. The van der Waals surface area contributed by atoms with Gasteiger partial charge in [-0.15, -0.1) is 11.3 Å². The van der Waals surface area contributed by atoms with Gasteiger partial charge in [-0.3, -0.25) is 14.3 Å². The topological polar surface area (TPSA) is 95.6 Å². The first-order valence-corrected chi connectivity index (χ1v) is 11.8. The lowest BCUT2D eigenvalue weighted by atomic mass is 10.0. The second kappa shape index (κ2) is 8.74. The summed E-state index contributed by atoms with van der Waals surface area (Å²) in [7, 11) is -3.34. The van der Waals surface area contributed by atoms with E-state index >= 15 is 0 Å². The molecule has 2 N–H and O–H groups in total. The highest BCUT2D eigenvalue weighted by molar-refractivity contribution is 7.92. The van der Waals surface area contributed by atoms with E-state index in [0.717, 1.165) is 24.0 Å². The molecule has 0 aliphatic carbocycles. The Labute approximate surface area is 168 Å². The number of hydrogen-bond acceptors (Lipinski definition) is 5. The molecule has 0 radical (unpaired) electrons. The highest BCUT2D eigenvalue weighted by atomic mass is 32.2. The van der Waals surface area contributed by atoms with Crippen molar-refractivity contribution in [1.82, 2.24) is 10.2 Å². The first-order valence-electron chi connectivity index (χ1n) is 8.99. The highest BCUT2D eigenvalue weighted by Crippen LogP contribution is 2.17. The van der Waals surface area contributed by atoms with E-state index in [1.54, 1.807) is 40.5 Å². The van der Waals surface area contributed by atoms with Gasteiger partial charge in [0.1, 0.15) is 0 Å². The van der Waals surface area contributed by atoms with E-state index in [9.17, 15) is 18.0 Å². The van der Waals surface area contributed by atoms with Crippen LogP contribution in [-0.4, -0.2) is 50.5 Å².